The molecule has 1 rings (SSSR count). The fourth-order valence-corrected chi connectivity index (χ4v) is 0.914. The van der Waals surface area contributed by atoms with Crippen LogP contribution >= 0.6 is 11.8 Å². The highest BCUT2D eigenvalue weighted by Gasteiger charge is 2.34. The van der Waals surface area contributed by atoms with E-state index < -0.39 is 11.6 Å². The summed E-state index contributed by atoms with van der Waals surface area (Å²) in [6.07, 6.45) is 6.20. The molecule has 0 aromatic rings. The van der Waals surface area contributed by atoms with Gasteiger partial charge in [-0.3, -0.25) is 0 Å². The highest BCUT2D eigenvalue weighted by molar-refractivity contribution is 6.15. The predicted octanol–water partition coefficient (Wildman–Crippen LogP) is 0.184. The molecular formula is C6H7ClN2O2. The zero-order valence-electron chi connectivity index (χ0n) is 5.54. The van der Waals surface area contributed by atoms with Crippen LogP contribution < -0.4 is 10.2 Å². The molecule has 0 aromatic heterocycles. The number of halogens is 1. The average Bonchev–Trinajstić information content (AvgIpc) is 2.05. The van der Waals surface area contributed by atoms with Crippen LogP contribution in [0.4, 0.5) is 0 Å². The van der Waals surface area contributed by atoms with E-state index in [2.05, 4.69) is 10.2 Å². The minimum absolute atomic E-state index is 1.08. The lowest BCUT2D eigenvalue weighted by atomic mass is 10.1. The number of rotatable bonds is 2. The number of carboxylic acid groups (broad SMARTS) is 1. The van der Waals surface area contributed by atoms with Gasteiger partial charge in [-0.25, -0.2) is 4.79 Å². The summed E-state index contributed by atoms with van der Waals surface area (Å²) in [7, 11) is 0. The Balaban J connectivity index is 2.85. The third-order valence-electron chi connectivity index (χ3n) is 1.35. The SMILES string of the molecule is O=C(O)C1(NCl)C=CC=CN1. The van der Waals surface area contributed by atoms with Gasteiger partial charge in [0, 0.05) is 0 Å². The second kappa shape index (κ2) is 2.94. The number of allylic oxidation sites excluding steroid dienone is 2. The Morgan fingerprint density at radius 2 is 2.36 bits per heavy atom. The van der Waals surface area contributed by atoms with E-state index in [1.165, 1.54) is 12.3 Å². The maximum Gasteiger partial charge on any atom is 0.350 e. The van der Waals surface area contributed by atoms with Gasteiger partial charge in [-0.2, -0.15) is 4.84 Å². The molecule has 60 valence electrons. The molecule has 0 fully saturated rings. The molecule has 1 atom stereocenters. The molecular weight excluding hydrogens is 168 g/mol. The van der Waals surface area contributed by atoms with Crippen molar-refractivity contribution in [2.24, 2.45) is 0 Å². The zero-order chi connectivity index (χ0) is 8.32. The van der Waals surface area contributed by atoms with Crippen LogP contribution in [0.2, 0.25) is 0 Å². The molecule has 0 saturated heterocycles. The number of carbonyl (C=O) groups is 1. The number of hydrogen-bond donors (Lipinski definition) is 3. The van der Waals surface area contributed by atoms with Crippen LogP contribution in [0, 0.1) is 0 Å². The van der Waals surface area contributed by atoms with Crippen molar-refractivity contribution in [2.75, 3.05) is 0 Å². The molecule has 3 N–H and O–H groups in total. The first-order chi connectivity index (χ1) is 5.21. The number of nitrogens with one attached hydrogen (secondary N) is 2. The van der Waals surface area contributed by atoms with Crippen molar-refractivity contribution in [2.45, 2.75) is 5.66 Å². The summed E-state index contributed by atoms with van der Waals surface area (Å²) in [5.41, 5.74) is -1.36. The molecule has 1 heterocycles. The number of aliphatic carboxylic acids is 1. The van der Waals surface area contributed by atoms with Gasteiger partial charge < -0.3 is 10.4 Å². The Labute approximate surface area is 68.6 Å². The van der Waals surface area contributed by atoms with E-state index in [9.17, 15) is 4.79 Å². The molecule has 1 aliphatic rings. The van der Waals surface area contributed by atoms with Crippen molar-refractivity contribution >= 4 is 17.7 Å². The summed E-state index contributed by atoms with van der Waals surface area (Å²) in [6, 6.07) is 0. The van der Waals surface area contributed by atoms with Crippen LogP contribution in [0.5, 0.6) is 0 Å². The fourth-order valence-electron chi connectivity index (χ4n) is 0.715. The van der Waals surface area contributed by atoms with Gasteiger partial charge in [0.05, 0.1) is 0 Å². The van der Waals surface area contributed by atoms with Crippen molar-refractivity contribution in [1.82, 2.24) is 10.2 Å². The molecule has 0 saturated carbocycles. The van der Waals surface area contributed by atoms with E-state index in [4.69, 9.17) is 16.9 Å². The first-order valence-corrected chi connectivity index (χ1v) is 3.32. The highest BCUT2D eigenvalue weighted by Crippen LogP contribution is 2.08. The van der Waals surface area contributed by atoms with E-state index in [-0.39, 0.29) is 0 Å². The lowest BCUT2D eigenvalue weighted by molar-refractivity contribution is -0.142. The van der Waals surface area contributed by atoms with Crippen molar-refractivity contribution in [3.8, 4) is 0 Å². The maximum absolute atomic E-state index is 10.6. The van der Waals surface area contributed by atoms with E-state index in [0.717, 1.165) is 0 Å². The average molecular weight is 175 g/mol. The third-order valence-corrected chi connectivity index (χ3v) is 1.65. The topological polar surface area (TPSA) is 61.4 Å². The normalized spacial score (nSPS) is 28.1. The highest BCUT2D eigenvalue weighted by atomic mass is 35.5. The zero-order valence-corrected chi connectivity index (χ0v) is 6.30. The van der Waals surface area contributed by atoms with Gasteiger partial charge in [0.2, 0.25) is 5.66 Å². The number of carboxylic acids is 1. The minimum Gasteiger partial charge on any atom is -0.478 e. The third kappa shape index (κ3) is 1.36. The summed E-state index contributed by atoms with van der Waals surface area (Å²) >= 11 is 5.25. The largest absolute Gasteiger partial charge is 0.478 e. The molecule has 0 bridgehead atoms. The van der Waals surface area contributed by atoms with Crippen LogP contribution in [0.15, 0.2) is 24.4 Å². The quantitative estimate of drug-likeness (QED) is 0.523. The van der Waals surface area contributed by atoms with Gasteiger partial charge in [-0.05, 0) is 30.1 Å². The summed E-state index contributed by atoms with van der Waals surface area (Å²) in [4.78, 5) is 12.8. The van der Waals surface area contributed by atoms with Crippen molar-refractivity contribution in [1.29, 1.82) is 0 Å². The Hall–Kier alpha value is -1.00. The molecule has 0 amide bonds. The lowest BCUT2D eigenvalue weighted by Crippen LogP contribution is -2.56. The first kappa shape index (κ1) is 8.10. The van der Waals surface area contributed by atoms with Crippen molar-refractivity contribution in [3.63, 3.8) is 0 Å². The van der Waals surface area contributed by atoms with Crippen LogP contribution in [0.3, 0.4) is 0 Å². The molecule has 0 radical (unpaired) electrons. The number of dihydropyridines is 1. The second-order valence-corrected chi connectivity index (χ2v) is 2.26. The number of hydrogen-bond acceptors (Lipinski definition) is 3. The monoisotopic (exact) mass is 174 g/mol. The summed E-state index contributed by atoms with van der Waals surface area (Å²) in [5.74, 6) is -1.08. The van der Waals surface area contributed by atoms with Gasteiger partial charge in [0.25, 0.3) is 0 Å². The van der Waals surface area contributed by atoms with E-state index in [1.54, 1.807) is 12.2 Å². The Morgan fingerprint density at radius 3 is 2.64 bits per heavy atom. The van der Waals surface area contributed by atoms with E-state index in [1.807, 2.05) is 0 Å². The molecule has 0 aliphatic carbocycles. The smallest absolute Gasteiger partial charge is 0.350 e. The van der Waals surface area contributed by atoms with Crippen LogP contribution in [-0.2, 0) is 4.79 Å². The summed E-state index contributed by atoms with van der Waals surface area (Å²) < 4.78 is 0. The fraction of sp³-hybridized carbons (Fsp3) is 0.167. The molecule has 1 aliphatic heterocycles. The molecule has 0 spiro atoms. The van der Waals surface area contributed by atoms with Gasteiger partial charge in [-0.1, -0.05) is 6.08 Å². The van der Waals surface area contributed by atoms with E-state index in [0.29, 0.717) is 0 Å². The summed E-state index contributed by atoms with van der Waals surface area (Å²) in [5, 5.41) is 11.3. The van der Waals surface area contributed by atoms with Gasteiger partial charge >= 0.3 is 5.97 Å². The first-order valence-electron chi connectivity index (χ1n) is 2.94. The van der Waals surface area contributed by atoms with Crippen molar-refractivity contribution < 1.29 is 9.90 Å². The Morgan fingerprint density at radius 1 is 1.64 bits per heavy atom. The van der Waals surface area contributed by atoms with Gasteiger partial charge in [0.1, 0.15) is 0 Å². The standard InChI is InChI=1S/C6H7ClN2O2/c7-9-6(5(10)11)3-1-2-4-8-6/h1-4,8-9H,(H,10,11). The minimum atomic E-state index is -1.36. The maximum atomic E-state index is 10.6. The van der Waals surface area contributed by atoms with E-state index >= 15 is 0 Å². The predicted molar refractivity (Wildman–Crippen MR) is 40.8 cm³/mol. The van der Waals surface area contributed by atoms with Crippen LogP contribution in [0.1, 0.15) is 0 Å². The molecule has 1 unspecified atom stereocenters. The van der Waals surface area contributed by atoms with Gasteiger partial charge in [-0.15, -0.1) is 0 Å². The molecule has 0 aromatic carbocycles. The van der Waals surface area contributed by atoms with Crippen LogP contribution in [0.25, 0.3) is 0 Å². The van der Waals surface area contributed by atoms with Crippen molar-refractivity contribution in [3.05, 3.63) is 24.4 Å². The molecule has 5 heteroatoms. The van der Waals surface area contributed by atoms with Gasteiger partial charge in [0.15, 0.2) is 0 Å². The lowest BCUT2D eigenvalue weighted by Gasteiger charge is -2.25. The molecule has 4 nitrogen and oxygen atoms in total. The summed E-state index contributed by atoms with van der Waals surface area (Å²) in [6.45, 7) is 0. The van der Waals surface area contributed by atoms with Crippen LogP contribution in [-0.4, -0.2) is 16.7 Å². The molecule has 11 heavy (non-hydrogen) atoms. The Bertz CT molecular complexity index is 227. The second-order valence-electron chi connectivity index (χ2n) is 2.07. The Kier molecular flexibility index (Phi) is 2.16.